The normalized spacial score (nSPS) is 23.2. The van der Waals surface area contributed by atoms with Gasteiger partial charge in [-0.2, -0.15) is 0 Å². The molecule has 0 amide bonds. The zero-order valence-electron chi connectivity index (χ0n) is 9.97. The summed E-state index contributed by atoms with van der Waals surface area (Å²) in [5.74, 6) is 0.704. The van der Waals surface area contributed by atoms with Crippen LogP contribution in [0.3, 0.4) is 0 Å². The summed E-state index contributed by atoms with van der Waals surface area (Å²) in [7, 11) is 0. The summed E-state index contributed by atoms with van der Waals surface area (Å²) >= 11 is 0. The molecular formula is C14H18FNO. The van der Waals surface area contributed by atoms with Gasteiger partial charge in [0.2, 0.25) is 0 Å². The molecule has 0 bridgehead atoms. The maximum atomic E-state index is 13.9. The van der Waals surface area contributed by atoms with Crippen molar-refractivity contribution in [3.63, 3.8) is 0 Å². The number of halogens is 1. The Hall–Kier alpha value is -1.09. The Kier molecular flexibility index (Phi) is 3.02. The van der Waals surface area contributed by atoms with Gasteiger partial charge in [0.05, 0.1) is 6.61 Å². The number of ether oxygens (including phenoxy) is 1. The highest BCUT2D eigenvalue weighted by Gasteiger charge is 2.23. The van der Waals surface area contributed by atoms with E-state index < -0.39 is 0 Å². The molecule has 0 aromatic heterocycles. The summed E-state index contributed by atoms with van der Waals surface area (Å²) in [5.41, 5.74) is 1.94. The van der Waals surface area contributed by atoms with Crippen molar-refractivity contribution in [2.24, 2.45) is 0 Å². The highest BCUT2D eigenvalue weighted by Crippen LogP contribution is 2.33. The molecule has 0 saturated carbocycles. The smallest absolute Gasteiger partial charge is 0.130 e. The molecule has 2 nitrogen and oxygen atoms in total. The maximum absolute atomic E-state index is 13.9. The van der Waals surface area contributed by atoms with Gasteiger partial charge in [-0.15, -0.1) is 0 Å². The molecule has 1 aromatic carbocycles. The summed E-state index contributed by atoms with van der Waals surface area (Å²) in [5, 5.41) is 3.46. The van der Waals surface area contributed by atoms with Gasteiger partial charge in [-0.25, -0.2) is 4.39 Å². The van der Waals surface area contributed by atoms with Crippen LogP contribution in [0.25, 0.3) is 0 Å². The van der Waals surface area contributed by atoms with Gasteiger partial charge in [0.1, 0.15) is 11.6 Å². The third-order valence-electron chi connectivity index (χ3n) is 3.77. The molecule has 1 unspecified atom stereocenters. The molecule has 3 heteroatoms. The molecule has 1 aromatic rings. The third kappa shape index (κ3) is 2.16. The minimum Gasteiger partial charge on any atom is -0.493 e. The maximum Gasteiger partial charge on any atom is 0.130 e. The number of nitrogens with one attached hydrogen (secondary N) is 1. The van der Waals surface area contributed by atoms with E-state index >= 15 is 0 Å². The van der Waals surface area contributed by atoms with Crippen molar-refractivity contribution in [2.45, 2.75) is 38.1 Å². The zero-order chi connectivity index (χ0) is 11.7. The number of fused-ring (bicyclic) bond motifs is 1. The quantitative estimate of drug-likeness (QED) is 0.850. The summed E-state index contributed by atoms with van der Waals surface area (Å²) in [6.45, 7) is 1.76. The fourth-order valence-corrected chi connectivity index (χ4v) is 2.83. The summed E-state index contributed by atoms with van der Waals surface area (Å²) in [4.78, 5) is 0. The molecule has 1 N–H and O–H groups in total. The van der Waals surface area contributed by atoms with Crippen molar-refractivity contribution in [1.82, 2.24) is 5.32 Å². The Labute approximate surface area is 101 Å². The molecular weight excluding hydrogens is 217 g/mol. The second kappa shape index (κ2) is 4.65. The minimum absolute atomic E-state index is 0.113. The Morgan fingerprint density at radius 3 is 3.12 bits per heavy atom. The van der Waals surface area contributed by atoms with Crippen LogP contribution in [0.15, 0.2) is 12.1 Å². The first-order valence-corrected chi connectivity index (χ1v) is 6.51. The van der Waals surface area contributed by atoms with Crippen LogP contribution in [-0.4, -0.2) is 19.2 Å². The first kappa shape index (κ1) is 11.0. The van der Waals surface area contributed by atoms with Gasteiger partial charge < -0.3 is 10.1 Å². The average Bonchev–Trinajstić information content (AvgIpc) is 2.83. The Balaban J connectivity index is 1.84. The van der Waals surface area contributed by atoms with E-state index in [-0.39, 0.29) is 5.82 Å². The van der Waals surface area contributed by atoms with Crippen molar-refractivity contribution in [3.8, 4) is 5.75 Å². The molecule has 2 heterocycles. The molecule has 0 radical (unpaired) electrons. The molecule has 1 atom stereocenters. The number of hydrogen-bond donors (Lipinski definition) is 1. The molecule has 1 fully saturated rings. The zero-order valence-corrected chi connectivity index (χ0v) is 9.97. The van der Waals surface area contributed by atoms with Crippen molar-refractivity contribution in [2.75, 3.05) is 13.2 Å². The largest absolute Gasteiger partial charge is 0.493 e. The van der Waals surface area contributed by atoms with Crippen molar-refractivity contribution < 1.29 is 9.13 Å². The number of piperidine rings is 1. The van der Waals surface area contributed by atoms with E-state index in [1.165, 1.54) is 12.8 Å². The SMILES string of the molecule is Fc1ccc2c(c1CC1CCCCN1)OCC2. The first-order valence-electron chi connectivity index (χ1n) is 6.51. The summed E-state index contributed by atoms with van der Waals surface area (Å²) in [6, 6.07) is 3.86. The van der Waals surface area contributed by atoms with E-state index in [1.54, 1.807) is 6.07 Å². The number of hydrogen-bond acceptors (Lipinski definition) is 2. The van der Waals surface area contributed by atoms with Crippen LogP contribution in [-0.2, 0) is 12.8 Å². The fraction of sp³-hybridized carbons (Fsp3) is 0.571. The van der Waals surface area contributed by atoms with E-state index in [4.69, 9.17) is 4.74 Å². The van der Waals surface area contributed by atoms with Gasteiger partial charge >= 0.3 is 0 Å². The van der Waals surface area contributed by atoms with Crippen LogP contribution in [0.4, 0.5) is 4.39 Å². The third-order valence-corrected chi connectivity index (χ3v) is 3.77. The molecule has 17 heavy (non-hydrogen) atoms. The van der Waals surface area contributed by atoms with E-state index in [2.05, 4.69) is 5.32 Å². The van der Waals surface area contributed by atoms with Crippen LogP contribution in [0.2, 0.25) is 0 Å². The summed E-state index contributed by atoms with van der Waals surface area (Å²) < 4.78 is 19.5. The van der Waals surface area contributed by atoms with Gasteiger partial charge in [0, 0.05) is 18.0 Å². The van der Waals surface area contributed by atoms with E-state index in [1.807, 2.05) is 6.07 Å². The minimum atomic E-state index is -0.113. The fourth-order valence-electron chi connectivity index (χ4n) is 2.83. The molecule has 2 aliphatic heterocycles. The van der Waals surface area contributed by atoms with Crippen molar-refractivity contribution in [1.29, 1.82) is 0 Å². The lowest BCUT2D eigenvalue weighted by atomic mass is 9.95. The van der Waals surface area contributed by atoms with Crippen molar-refractivity contribution in [3.05, 3.63) is 29.1 Å². The number of benzene rings is 1. The Bertz CT molecular complexity index is 413. The van der Waals surface area contributed by atoms with Gasteiger partial charge in [0.25, 0.3) is 0 Å². The van der Waals surface area contributed by atoms with Gasteiger partial charge in [-0.05, 0) is 37.4 Å². The summed E-state index contributed by atoms with van der Waals surface area (Å²) in [6.07, 6.45) is 5.30. The number of rotatable bonds is 2. The first-order chi connectivity index (χ1) is 8.34. The molecule has 1 saturated heterocycles. The van der Waals surface area contributed by atoms with Crippen LogP contribution in [0, 0.1) is 5.82 Å². The van der Waals surface area contributed by atoms with E-state index in [9.17, 15) is 4.39 Å². The average molecular weight is 235 g/mol. The molecule has 92 valence electrons. The Morgan fingerprint density at radius 2 is 2.29 bits per heavy atom. The van der Waals surface area contributed by atoms with Gasteiger partial charge in [-0.3, -0.25) is 0 Å². The molecule has 0 spiro atoms. The lowest BCUT2D eigenvalue weighted by Gasteiger charge is -2.24. The van der Waals surface area contributed by atoms with Gasteiger partial charge in [0.15, 0.2) is 0 Å². The second-order valence-corrected chi connectivity index (χ2v) is 4.96. The van der Waals surface area contributed by atoms with Crippen molar-refractivity contribution >= 4 is 0 Å². The lowest BCUT2D eigenvalue weighted by molar-refractivity contribution is 0.343. The monoisotopic (exact) mass is 235 g/mol. The van der Waals surface area contributed by atoms with Crippen LogP contribution in [0.1, 0.15) is 30.4 Å². The van der Waals surface area contributed by atoms with Crippen LogP contribution in [0.5, 0.6) is 5.75 Å². The standard InChI is InChI=1S/C14H18FNO/c15-13-5-4-10-6-8-17-14(10)12(13)9-11-3-1-2-7-16-11/h4-5,11,16H,1-3,6-9H2. The highest BCUT2D eigenvalue weighted by molar-refractivity contribution is 5.45. The highest BCUT2D eigenvalue weighted by atomic mass is 19.1. The van der Waals surface area contributed by atoms with E-state index in [0.29, 0.717) is 12.6 Å². The second-order valence-electron chi connectivity index (χ2n) is 4.96. The van der Waals surface area contributed by atoms with Crippen LogP contribution >= 0.6 is 0 Å². The van der Waals surface area contributed by atoms with Gasteiger partial charge in [-0.1, -0.05) is 12.5 Å². The van der Waals surface area contributed by atoms with E-state index in [0.717, 1.165) is 42.7 Å². The lowest BCUT2D eigenvalue weighted by Crippen LogP contribution is -2.35. The predicted molar refractivity (Wildman–Crippen MR) is 64.9 cm³/mol. The molecule has 3 rings (SSSR count). The molecule has 2 aliphatic rings. The topological polar surface area (TPSA) is 21.3 Å². The van der Waals surface area contributed by atoms with Crippen LogP contribution < -0.4 is 10.1 Å². The molecule has 0 aliphatic carbocycles. The predicted octanol–water partition coefficient (Wildman–Crippen LogP) is 2.45. The Morgan fingerprint density at radius 1 is 1.35 bits per heavy atom.